The van der Waals surface area contributed by atoms with E-state index in [-0.39, 0.29) is 5.69 Å². The molecular formula is C11H13BrN4OS. The molecule has 0 atom stereocenters. The average Bonchev–Trinajstić information content (AvgIpc) is 2.65. The predicted octanol–water partition coefficient (Wildman–Crippen LogP) is 1.74. The van der Waals surface area contributed by atoms with E-state index < -0.39 is 0 Å². The van der Waals surface area contributed by atoms with E-state index >= 15 is 0 Å². The number of hydrogen-bond acceptors (Lipinski definition) is 4. The molecule has 0 bridgehead atoms. The van der Waals surface area contributed by atoms with Crippen LogP contribution in [0.15, 0.2) is 37.5 Å². The zero-order valence-electron chi connectivity index (χ0n) is 10.0. The average molecular weight is 329 g/mol. The molecule has 0 radical (unpaired) electrons. The van der Waals surface area contributed by atoms with Gasteiger partial charge in [-0.1, -0.05) is 22.0 Å². The van der Waals surface area contributed by atoms with Gasteiger partial charge in [-0.3, -0.25) is 4.57 Å². The summed E-state index contributed by atoms with van der Waals surface area (Å²) in [7, 11) is 3.60. The summed E-state index contributed by atoms with van der Waals surface area (Å²) in [4.78, 5) is 12.3. The molecule has 1 aromatic carbocycles. The number of rotatable bonds is 4. The van der Waals surface area contributed by atoms with E-state index in [9.17, 15) is 4.79 Å². The monoisotopic (exact) mass is 328 g/mol. The zero-order chi connectivity index (χ0) is 13.1. The van der Waals surface area contributed by atoms with Crippen LogP contribution in [0.4, 0.5) is 0 Å². The molecule has 0 aliphatic carbocycles. The topological polar surface area (TPSA) is 62.7 Å². The van der Waals surface area contributed by atoms with Crippen molar-refractivity contribution in [3.63, 3.8) is 0 Å². The predicted molar refractivity (Wildman–Crippen MR) is 74.9 cm³/mol. The largest absolute Gasteiger partial charge is 0.343 e. The Bertz CT molecular complexity index is 607. The molecule has 5 nitrogen and oxygen atoms in total. The summed E-state index contributed by atoms with van der Waals surface area (Å²) in [5.74, 6) is 0. The highest BCUT2D eigenvalue weighted by molar-refractivity contribution is 9.10. The van der Waals surface area contributed by atoms with Crippen molar-refractivity contribution in [2.24, 2.45) is 7.05 Å². The quantitative estimate of drug-likeness (QED) is 0.897. The Hall–Kier alpha value is -1.05. The van der Waals surface area contributed by atoms with Crippen molar-refractivity contribution in [1.82, 2.24) is 20.1 Å². The van der Waals surface area contributed by atoms with Gasteiger partial charge in [-0.05, 0) is 36.5 Å². The minimum Gasteiger partial charge on any atom is -0.316 e. The van der Waals surface area contributed by atoms with Gasteiger partial charge < -0.3 is 5.32 Å². The Balaban J connectivity index is 2.22. The van der Waals surface area contributed by atoms with Gasteiger partial charge in [-0.25, -0.2) is 9.89 Å². The van der Waals surface area contributed by atoms with Gasteiger partial charge in [0.1, 0.15) is 0 Å². The Morgan fingerprint density at radius 2 is 2.33 bits per heavy atom. The zero-order valence-corrected chi connectivity index (χ0v) is 12.4. The molecule has 0 fully saturated rings. The molecule has 96 valence electrons. The van der Waals surface area contributed by atoms with Crippen LogP contribution in [-0.4, -0.2) is 21.8 Å². The SMILES string of the molecule is CNCc1ccc(Sc2n[nH]c(=O)n2C)cc1Br. The van der Waals surface area contributed by atoms with E-state index in [1.807, 2.05) is 25.2 Å². The number of H-pyrrole nitrogens is 1. The van der Waals surface area contributed by atoms with Crippen LogP contribution < -0.4 is 11.0 Å². The third-order valence-corrected chi connectivity index (χ3v) is 4.22. The molecule has 0 aliphatic rings. The van der Waals surface area contributed by atoms with E-state index in [0.29, 0.717) is 5.16 Å². The highest BCUT2D eigenvalue weighted by atomic mass is 79.9. The summed E-state index contributed by atoms with van der Waals surface area (Å²) in [6, 6.07) is 6.09. The lowest BCUT2D eigenvalue weighted by atomic mass is 10.2. The number of halogens is 1. The van der Waals surface area contributed by atoms with Gasteiger partial charge >= 0.3 is 5.69 Å². The molecule has 0 aliphatic heterocycles. The maximum atomic E-state index is 11.3. The molecule has 2 rings (SSSR count). The molecule has 1 aromatic heterocycles. The van der Waals surface area contributed by atoms with Gasteiger partial charge in [0.2, 0.25) is 0 Å². The molecule has 2 N–H and O–H groups in total. The van der Waals surface area contributed by atoms with Crippen LogP contribution in [0.2, 0.25) is 0 Å². The van der Waals surface area contributed by atoms with E-state index in [1.165, 1.54) is 21.9 Å². The Kier molecular flexibility index (Phi) is 4.26. The van der Waals surface area contributed by atoms with Crippen LogP contribution in [0.25, 0.3) is 0 Å². The second-order valence-corrected chi connectivity index (χ2v) is 5.65. The van der Waals surface area contributed by atoms with Crippen LogP contribution in [0.1, 0.15) is 5.56 Å². The minimum absolute atomic E-state index is 0.205. The fourth-order valence-electron chi connectivity index (χ4n) is 1.45. The molecule has 0 unspecified atom stereocenters. The molecule has 1 heterocycles. The maximum absolute atomic E-state index is 11.3. The molecule has 0 saturated carbocycles. The van der Waals surface area contributed by atoms with Gasteiger partial charge in [0.05, 0.1) is 0 Å². The first-order valence-electron chi connectivity index (χ1n) is 5.34. The molecular weight excluding hydrogens is 316 g/mol. The summed E-state index contributed by atoms with van der Waals surface area (Å²) >= 11 is 4.98. The van der Waals surface area contributed by atoms with Crippen molar-refractivity contribution < 1.29 is 0 Å². The van der Waals surface area contributed by atoms with Crippen molar-refractivity contribution in [3.05, 3.63) is 38.7 Å². The molecule has 0 spiro atoms. The number of aromatic nitrogens is 3. The van der Waals surface area contributed by atoms with E-state index in [0.717, 1.165) is 15.9 Å². The van der Waals surface area contributed by atoms with Crippen LogP contribution in [0, 0.1) is 0 Å². The Morgan fingerprint density at radius 3 is 2.89 bits per heavy atom. The third-order valence-electron chi connectivity index (χ3n) is 2.44. The van der Waals surface area contributed by atoms with Gasteiger partial charge in [0.15, 0.2) is 5.16 Å². The van der Waals surface area contributed by atoms with Crippen molar-refractivity contribution in [2.45, 2.75) is 16.6 Å². The number of hydrogen-bond donors (Lipinski definition) is 2. The second-order valence-electron chi connectivity index (χ2n) is 3.76. The standard InChI is InChI=1S/C11H13BrN4OS/c1-13-6-7-3-4-8(5-9(7)12)18-11-15-14-10(17)16(11)2/h3-5,13H,6H2,1-2H3,(H,14,17). The van der Waals surface area contributed by atoms with E-state index in [4.69, 9.17) is 0 Å². The highest BCUT2D eigenvalue weighted by Gasteiger charge is 2.07. The van der Waals surface area contributed by atoms with Crippen LogP contribution in [-0.2, 0) is 13.6 Å². The lowest BCUT2D eigenvalue weighted by molar-refractivity contribution is 0.766. The smallest absolute Gasteiger partial charge is 0.316 e. The van der Waals surface area contributed by atoms with Crippen LogP contribution in [0.5, 0.6) is 0 Å². The Morgan fingerprint density at radius 1 is 1.56 bits per heavy atom. The number of aromatic amines is 1. The van der Waals surface area contributed by atoms with Gasteiger partial charge in [0.25, 0.3) is 0 Å². The number of nitrogens with one attached hydrogen (secondary N) is 2. The summed E-state index contributed by atoms with van der Waals surface area (Å²) in [6.45, 7) is 0.812. The minimum atomic E-state index is -0.205. The Labute approximate surface area is 117 Å². The fourth-order valence-corrected chi connectivity index (χ4v) is 2.96. The van der Waals surface area contributed by atoms with Gasteiger partial charge in [-0.15, -0.1) is 5.10 Å². The van der Waals surface area contributed by atoms with Crippen molar-refractivity contribution in [3.8, 4) is 0 Å². The fraction of sp³-hybridized carbons (Fsp3) is 0.273. The normalized spacial score (nSPS) is 10.8. The molecule has 2 aromatic rings. The lowest BCUT2D eigenvalue weighted by Crippen LogP contribution is -2.12. The summed E-state index contributed by atoms with van der Waals surface area (Å²) in [5, 5.41) is 10.1. The first kappa shape index (κ1) is 13.4. The molecule has 7 heteroatoms. The lowest BCUT2D eigenvalue weighted by Gasteiger charge is -2.06. The summed E-state index contributed by atoms with van der Waals surface area (Å²) < 4.78 is 2.53. The number of benzene rings is 1. The van der Waals surface area contributed by atoms with Crippen molar-refractivity contribution in [1.29, 1.82) is 0 Å². The van der Waals surface area contributed by atoms with Gasteiger partial charge in [-0.2, -0.15) is 0 Å². The van der Waals surface area contributed by atoms with Crippen molar-refractivity contribution >= 4 is 27.7 Å². The number of nitrogens with zero attached hydrogens (tertiary/aromatic N) is 2. The van der Waals surface area contributed by atoms with E-state index in [2.05, 4.69) is 31.4 Å². The molecule has 0 amide bonds. The molecule has 18 heavy (non-hydrogen) atoms. The summed E-state index contributed by atoms with van der Waals surface area (Å²) in [6.07, 6.45) is 0. The second kappa shape index (κ2) is 5.73. The summed E-state index contributed by atoms with van der Waals surface area (Å²) in [5.41, 5.74) is 0.987. The third kappa shape index (κ3) is 2.85. The first-order chi connectivity index (χ1) is 8.61. The van der Waals surface area contributed by atoms with Gasteiger partial charge in [0, 0.05) is 23.0 Å². The molecule has 0 saturated heterocycles. The highest BCUT2D eigenvalue weighted by Crippen LogP contribution is 2.29. The van der Waals surface area contributed by atoms with E-state index in [1.54, 1.807) is 7.05 Å². The van der Waals surface area contributed by atoms with Crippen LogP contribution >= 0.6 is 27.7 Å². The maximum Gasteiger partial charge on any atom is 0.343 e. The van der Waals surface area contributed by atoms with Crippen LogP contribution in [0.3, 0.4) is 0 Å². The van der Waals surface area contributed by atoms with Crippen molar-refractivity contribution in [2.75, 3.05) is 7.05 Å². The first-order valence-corrected chi connectivity index (χ1v) is 6.95.